The maximum absolute atomic E-state index is 5.86. The van der Waals surface area contributed by atoms with E-state index in [4.69, 9.17) is 4.74 Å². The molecule has 2 atom stereocenters. The van der Waals surface area contributed by atoms with Gasteiger partial charge in [0.2, 0.25) is 0 Å². The van der Waals surface area contributed by atoms with E-state index in [-0.39, 0.29) is 12.1 Å². The number of nitrogens with zero attached hydrogens (tertiary/aromatic N) is 1. The van der Waals surface area contributed by atoms with Crippen LogP contribution in [0.3, 0.4) is 0 Å². The lowest BCUT2D eigenvalue weighted by Gasteiger charge is -2.29. The van der Waals surface area contributed by atoms with Gasteiger partial charge >= 0.3 is 0 Å². The number of rotatable bonds is 2. The Bertz CT molecular complexity index is 390. The fourth-order valence-corrected chi connectivity index (χ4v) is 2.65. The van der Waals surface area contributed by atoms with Gasteiger partial charge in [-0.2, -0.15) is 0 Å². The standard InChI is InChI=1S/C13H19N3O/c1-2-16-11-6-4-3-5-10(11)13(15-16)12-9-14-7-8-17-12/h3-6,12-15H,2,7-9H2,1H3. The lowest BCUT2D eigenvalue weighted by Crippen LogP contribution is -2.47. The minimum Gasteiger partial charge on any atom is -0.374 e. The minimum absolute atomic E-state index is 0.224. The average molecular weight is 233 g/mol. The summed E-state index contributed by atoms with van der Waals surface area (Å²) in [6, 6.07) is 8.83. The SMILES string of the molecule is CCN1NC(C2CNCCO2)c2ccccc21. The number of fused-ring (bicyclic) bond motifs is 1. The topological polar surface area (TPSA) is 36.5 Å². The molecule has 0 aromatic heterocycles. The smallest absolute Gasteiger partial charge is 0.0912 e. The fraction of sp³-hybridized carbons (Fsp3) is 0.538. The largest absolute Gasteiger partial charge is 0.374 e. The Hall–Kier alpha value is -1.10. The number of para-hydroxylation sites is 1. The van der Waals surface area contributed by atoms with Crippen molar-refractivity contribution < 1.29 is 4.74 Å². The lowest BCUT2D eigenvalue weighted by molar-refractivity contribution is 0.00561. The highest BCUT2D eigenvalue weighted by Crippen LogP contribution is 2.35. The number of nitrogens with one attached hydrogen (secondary N) is 2. The molecule has 0 radical (unpaired) electrons. The van der Waals surface area contributed by atoms with Crippen molar-refractivity contribution in [3.05, 3.63) is 29.8 Å². The van der Waals surface area contributed by atoms with Gasteiger partial charge in [0, 0.05) is 19.6 Å². The molecule has 2 aliphatic heterocycles. The summed E-state index contributed by atoms with van der Waals surface area (Å²) in [5, 5.41) is 5.60. The molecule has 0 saturated carbocycles. The summed E-state index contributed by atoms with van der Waals surface area (Å²) in [5.41, 5.74) is 6.18. The number of anilines is 1. The van der Waals surface area contributed by atoms with Gasteiger partial charge in [-0.25, -0.2) is 5.43 Å². The Morgan fingerprint density at radius 3 is 3.06 bits per heavy atom. The van der Waals surface area contributed by atoms with Gasteiger partial charge in [0.25, 0.3) is 0 Å². The van der Waals surface area contributed by atoms with Crippen LogP contribution in [0.4, 0.5) is 5.69 Å². The summed E-state index contributed by atoms with van der Waals surface area (Å²) < 4.78 is 5.86. The molecule has 0 bridgehead atoms. The maximum Gasteiger partial charge on any atom is 0.0912 e. The highest BCUT2D eigenvalue weighted by molar-refractivity contribution is 5.58. The van der Waals surface area contributed by atoms with Crippen molar-refractivity contribution in [3.63, 3.8) is 0 Å². The summed E-state index contributed by atoms with van der Waals surface area (Å²) in [6.07, 6.45) is 0.224. The first-order valence-electron chi connectivity index (χ1n) is 6.35. The van der Waals surface area contributed by atoms with Crippen molar-refractivity contribution in [2.75, 3.05) is 31.3 Å². The lowest BCUT2D eigenvalue weighted by atomic mass is 10.0. The Morgan fingerprint density at radius 1 is 1.41 bits per heavy atom. The number of hydrogen-bond acceptors (Lipinski definition) is 4. The van der Waals surface area contributed by atoms with E-state index in [2.05, 4.69) is 46.9 Å². The number of ether oxygens (including phenoxy) is 1. The predicted molar refractivity (Wildman–Crippen MR) is 67.9 cm³/mol. The van der Waals surface area contributed by atoms with E-state index in [1.807, 2.05) is 0 Å². The van der Waals surface area contributed by atoms with E-state index in [9.17, 15) is 0 Å². The van der Waals surface area contributed by atoms with E-state index >= 15 is 0 Å². The van der Waals surface area contributed by atoms with E-state index in [0.29, 0.717) is 0 Å². The second-order valence-corrected chi connectivity index (χ2v) is 4.52. The van der Waals surface area contributed by atoms with Crippen molar-refractivity contribution >= 4 is 5.69 Å². The number of morpholine rings is 1. The third-order valence-corrected chi connectivity index (χ3v) is 3.50. The summed E-state index contributed by atoms with van der Waals surface area (Å²) in [5.74, 6) is 0. The van der Waals surface area contributed by atoms with Crippen LogP contribution in [0.5, 0.6) is 0 Å². The van der Waals surface area contributed by atoms with Gasteiger partial charge in [-0.15, -0.1) is 0 Å². The van der Waals surface area contributed by atoms with Crippen molar-refractivity contribution in [3.8, 4) is 0 Å². The molecular weight excluding hydrogens is 214 g/mol. The van der Waals surface area contributed by atoms with Crippen LogP contribution in [0.15, 0.2) is 24.3 Å². The molecule has 2 aliphatic rings. The molecule has 2 unspecified atom stereocenters. The molecule has 0 aliphatic carbocycles. The van der Waals surface area contributed by atoms with Crippen LogP contribution in [-0.2, 0) is 4.74 Å². The maximum atomic E-state index is 5.86. The molecule has 92 valence electrons. The molecule has 2 N–H and O–H groups in total. The number of hydrazine groups is 1. The normalized spacial score (nSPS) is 28.2. The van der Waals surface area contributed by atoms with Crippen LogP contribution >= 0.6 is 0 Å². The molecule has 1 aromatic rings. The molecule has 1 fully saturated rings. The van der Waals surface area contributed by atoms with Gasteiger partial charge in [-0.3, -0.25) is 0 Å². The first-order chi connectivity index (χ1) is 8.40. The molecule has 0 spiro atoms. The molecule has 2 heterocycles. The Labute approximate surface area is 102 Å². The van der Waals surface area contributed by atoms with E-state index in [0.717, 1.165) is 26.2 Å². The number of benzene rings is 1. The predicted octanol–water partition coefficient (Wildman–Crippen LogP) is 1.06. The van der Waals surface area contributed by atoms with Gasteiger partial charge in [-0.05, 0) is 18.6 Å². The first kappa shape index (κ1) is 11.0. The molecule has 1 saturated heterocycles. The molecule has 4 nitrogen and oxygen atoms in total. The van der Waals surface area contributed by atoms with Gasteiger partial charge in [0.1, 0.15) is 0 Å². The van der Waals surface area contributed by atoms with Crippen LogP contribution < -0.4 is 15.8 Å². The van der Waals surface area contributed by atoms with E-state index in [1.165, 1.54) is 11.3 Å². The van der Waals surface area contributed by atoms with Crippen molar-refractivity contribution in [2.45, 2.75) is 19.1 Å². The van der Waals surface area contributed by atoms with Crippen LogP contribution in [-0.4, -0.2) is 32.3 Å². The zero-order chi connectivity index (χ0) is 11.7. The summed E-state index contributed by atoms with van der Waals surface area (Å²) >= 11 is 0. The Balaban J connectivity index is 1.87. The van der Waals surface area contributed by atoms with Crippen LogP contribution in [0, 0.1) is 0 Å². The molecule has 1 aromatic carbocycles. The second kappa shape index (κ2) is 4.64. The highest BCUT2D eigenvalue weighted by atomic mass is 16.5. The monoisotopic (exact) mass is 233 g/mol. The van der Waals surface area contributed by atoms with Gasteiger partial charge in [0.15, 0.2) is 0 Å². The Morgan fingerprint density at radius 2 is 2.29 bits per heavy atom. The minimum atomic E-state index is 0.224. The van der Waals surface area contributed by atoms with Crippen molar-refractivity contribution in [2.24, 2.45) is 0 Å². The van der Waals surface area contributed by atoms with E-state index < -0.39 is 0 Å². The van der Waals surface area contributed by atoms with Crippen LogP contribution in [0.1, 0.15) is 18.5 Å². The highest BCUT2D eigenvalue weighted by Gasteiger charge is 2.34. The molecule has 3 rings (SSSR count). The third kappa shape index (κ3) is 1.92. The van der Waals surface area contributed by atoms with Crippen LogP contribution in [0.25, 0.3) is 0 Å². The fourth-order valence-electron chi connectivity index (χ4n) is 2.65. The van der Waals surface area contributed by atoms with Crippen molar-refractivity contribution in [1.29, 1.82) is 0 Å². The summed E-state index contributed by atoms with van der Waals surface area (Å²) in [7, 11) is 0. The zero-order valence-electron chi connectivity index (χ0n) is 10.1. The van der Waals surface area contributed by atoms with Crippen molar-refractivity contribution in [1.82, 2.24) is 10.7 Å². The molecular formula is C13H19N3O. The van der Waals surface area contributed by atoms with Gasteiger partial charge in [-0.1, -0.05) is 18.2 Å². The first-order valence-corrected chi connectivity index (χ1v) is 6.35. The summed E-state index contributed by atoms with van der Waals surface area (Å²) in [6.45, 7) is 5.81. The molecule has 0 amide bonds. The van der Waals surface area contributed by atoms with Crippen LogP contribution in [0.2, 0.25) is 0 Å². The second-order valence-electron chi connectivity index (χ2n) is 4.52. The molecule has 17 heavy (non-hydrogen) atoms. The molecule has 4 heteroatoms. The van der Waals surface area contributed by atoms with E-state index in [1.54, 1.807) is 0 Å². The van der Waals surface area contributed by atoms with Gasteiger partial charge in [0.05, 0.1) is 24.4 Å². The average Bonchev–Trinajstić information content (AvgIpc) is 2.78. The third-order valence-electron chi connectivity index (χ3n) is 3.50. The Kier molecular flexibility index (Phi) is 3.01. The van der Waals surface area contributed by atoms with Gasteiger partial charge < -0.3 is 15.1 Å². The zero-order valence-corrected chi connectivity index (χ0v) is 10.1. The quantitative estimate of drug-likeness (QED) is 0.801. The summed E-state index contributed by atoms with van der Waals surface area (Å²) in [4.78, 5) is 0. The number of hydrogen-bond donors (Lipinski definition) is 2.